The first-order valence-electron chi connectivity index (χ1n) is 30.4. The molecule has 0 aromatic heterocycles. The third kappa shape index (κ3) is 5.23. The van der Waals surface area contributed by atoms with Gasteiger partial charge in [0.05, 0.1) is 34.1 Å². The van der Waals surface area contributed by atoms with Crippen LogP contribution in [0, 0.1) is 0 Å². The van der Waals surface area contributed by atoms with Crippen molar-refractivity contribution < 1.29 is 23.3 Å². The molecule has 10 aromatic carbocycles. The Labute approximate surface area is 411 Å². The van der Waals surface area contributed by atoms with Gasteiger partial charge in [0.1, 0.15) is 0 Å². The normalized spacial score (nSPS) is 18.5. The second kappa shape index (κ2) is 14.5. The number of rotatable bonds is 7. The van der Waals surface area contributed by atoms with E-state index in [0.717, 1.165) is 55.6 Å². The van der Waals surface area contributed by atoms with Gasteiger partial charge < -0.3 is 4.90 Å². The summed E-state index contributed by atoms with van der Waals surface area (Å²) in [6.07, 6.45) is 0. The lowest BCUT2D eigenvalue weighted by Gasteiger charge is -2.36. The standard InChI is InChI=1S/C65H47N/c1-63(2)57-32-18-15-29-51(57)54-38-35-48(41-60(54)63)66(49-36-39-55-52-30-16-19-33-58(52)64(61(55)42-49,44-21-7-3-8-22-44)45-23-9-4-10-24-45)50-37-40-56-53-31-17-20-34-59(53)65(62(56)43-50,46-25-11-5-12-26-46)47-27-13-6-14-28-47/h3-43H,1-2H3/i3D,4D,7D,8D,9D,10D,16D,19D,21D,22D,23D,24D,30D,33D,36D,39D,42D. The van der Waals surface area contributed by atoms with Crippen LogP contribution in [0.15, 0.2) is 248 Å². The zero-order valence-corrected chi connectivity index (χ0v) is 35.8. The van der Waals surface area contributed by atoms with Gasteiger partial charge in [-0.3, -0.25) is 0 Å². The molecule has 0 saturated carbocycles. The number of fused-ring (bicyclic) bond motifs is 9. The molecule has 0 aliphatic heterocycles. The van der Waals surface area contributed by atoms with Crippen LogP contribution < -0.4 is 4.90 Å². The molecule has 0 radical (unpaired) electrons. The van der Waals surface area contributed by atoms with Crippen molar-refractivity contribution in [1.29, 1.82) is 0 Å². The molecule has 0 saturated heterocycles. The summed E-state index contributed by atoms with van der Waals surface area (Å²) in [4.78, 5) is 1.65. The fraction of sp³-hybridized carbons (Fsp3) is 0.0769. The zero-order valence-electron chi connectivity index (χ0n) is 52.8. The van der Waals surface area contributed by atoms with Crippen LogP contribution in [0.4, 0.5) is 17.1 Å². The van der Waals surface area contributed by atoms with E-state index in [9.17, 15) is 13.7 Å². The monoisotopic (exact) mass is 858 g/mol. The van der Waals surface area contributed by atoms with Crippen LogP contribution in [0.25, 0.3) is 33.4 Å². The maximum absolute atomic E-state index is 11.0. The first-order valence-corrected chi connectivity index (χ1v) is 21.9. The highest BCUT2D eigenvalue weighted by Gasteiger charge is 2.48. The van der Waals surface area contributed by atoms with Crippen molar-refractivity contribution in [2.75, 3.05) is 4.90 Å². The summed E-state index contributed by atoms with van der Waals surface area (Å²) in [5, 5.41) is 0. The summed E-state index contributed by atoms with van der Waals surface area (Å²) < 4.78 is 162. The predicted molar refractivity (Wildman–Crippen MR) is 273 cm³/mol. The van der Waals surface area contributed by atoms with Crippen molar-refractivity contribution in [2.45, 2.75) is 30.1 Å². The second-order valence-electron chi connectivity index (χ2n) is 17.5. The van der Waals surface area contributed by atoms with Crippen LogP contribution in [0.5, 0.6) is 0 Å². The Bertz CT molecular complexity index is 4350. The van der Waals surface area contributed by atoms with E-state index in [1.165, 1.54) is 0 Å². The van der Waals surface area contributed by atoms with Gasteiger partial charge in [0.2, 0.25) is 0 Å². The third-order valence-corrected chi connectivity index (χ3v) is 14.0. The van der Waals surface area contributed by atoms with E-state index in [1.807, 2.05) is 103 Å². The van der Waals surface area contributed by atoms with E-state index in [2.05, 4.69) is 56.3 Å². The molecule has 3 aliphatic carbocycles. The molecule has 0 bridgehead atoms. The van der Waals surface area contributed by atoms with Gasteiger partial charge in [-0.15, -0.1) is 0 Å². The summed E-state index contributed by atoms with van der Waals surface area (Å²) in [7, 11) is 0. The molecule has 0 spiro atoms. The van der Waals surface area contributed by atoms with E-state index in [1.54, 1.807) is 4.90 Å². The Hall–Kier alpha value is -8.00. The first kappa shape index (κ1) is 24.9. The van der Waals surface area contributed by atoms with Crippen LogP contribution in [-0.2, 0) is 16.2 Å². The Balaban J connectivity index is 1.24. The van der Waals surface area contributed by atoms with Crippen LogP contribution in [0.3, 0.4) is 0 Å². The number of nitrogens with zero attached hydrogens (tertiary/aromatic N) is 1. The minimum Gasteiger partial charge on any atom is -0.310 e. The van der Waals surface area contributed by atoms with Crippen LogP contribution in [-0.4, -0.2) is 0 Å². The minimum atomic E-state index is -2.99. The van der Waals surface area contributed by atoms with Crippen molar-refractivity contribution in [3.05, 3.63) is 304 Å². The van der Waals surface area contributed by atoms with Gasteiger partial charge in [-0.25, -0.2) is 0 Å². The van der Waals surface area contributed by atoms with E-state index in [4.69, 9.17) is 9.60 Å². The highest BCUT2D eigenvalue weighted by Crippen LogP contribution is 2.60. The van der Waals surface area contributed by atoms with Gasteiger partial charge in [0.15, 0.2) is 0 Å². The van der Waals surface area contributed by atoms with Crippen molar-refractivity contribution in [3.8, 4) is 33.4 Å². The zero-order chi connectivity index (χ0) is 58.8. The molecule has 1 nitrogen and oxygen atoms in total. The molecule has 0 unspecified atom stereocenters. The Kier molecular flexibility index (Phi) is 5.47. The predicted octanol–water partition coefficient (Wildman–Crippen LogP) is 16.2. The van der Waals surface area contributed by atoms with Crippen molar-refractivity contribution in [1.82, 2.24) is 0 Å². The summed E-state index contributed by atoms with van der Waals surface area (Å²) in [6.45, 7) is 4.19. The Morgan fingerprint density at radius 2 is 0.788 bits per heavy atom. The number of hydrogen-bond acceptors (Lipinski definition) is 1. The van der Waals surface area contributed by atoms with Crippen molar-refractivity contribution in [3.63, 3.8) is 0 Å². The van der Waals surface area contributed by atoms with Crippen LogP contribution in [0.2, 0.25) is 0 Å². The van der Waals surface area contributed by atoms with E-state index in [0.29, 0.717) is 11.4 Å². The van der Waals surface area contributed by atoms with E-state index >= 15 is 0 Å². The van der Waals surface area contributed by atoms with Gasteiger partial charge in [0, 0.05) is 22.5 Å². The van der Waals surface area contributed by atoms with Crippen molar-refractivity contribution in [2.24, 2.45) is 0 Å². The van der Waals surface area contributed by atoms with Crippen LogP contribution >= 0.6 is 0 Å². The highest BCUT2D eigenvalue weighted by atomic mass is 15.1. The molecule has 66 heavy (non-hydrogen) atoms. The molecule has 0 fully saturated rings. The average Bonchev–Trinajstić information content (AvgIpc) is 2.06. The van der Waals surface area contributed by atoms with E-state index in [-0.39, 0.29) is 5.69 Å². The molecule has 10 aromatic rings. The van der Waals surface area contributed by atoms with Gasteiger partial charge >= 0.3 is 0 Å². The largest absolute Gasteiger partial charge is 0.310 e. The highest BCUT2D eigenvalue weighted by molar-refractivity contribution is 5.93. The average molecular weight is 859 g/mol. The van der Waals surface area contributed by atoms with Crippen molar-refractivity contribution >= 4 is 17.1 Å². The molecule has 1 heteroatoms. The number of hydrogen-bond donors (Lipinski definition) is 0. The fourth-order valence-electron chi connectivity index (χ4n) is 11.2. The molecule has 0 amide bonds. The Morgan fingerprint density at radius 3 is 1.42 bits per heavy atom. The quantitative estimate of drug-likeness (QED) is 0.154. The summed E-state index contributed by atoms with van der Waals surface area (Å²) in [5.74, 6) is 0. The van der Waals surface area contributed by atoms with Gasteiger partial charge in [0.25, 0.3) is 0 Å². The topological polar surface area (TPSA) is 3.24 Å². The summed E-state index contributed by atoms with van der Waals surface area (Å²) in [6, 6.07) is 33.1. The maximum atomic E-state index is 11.0. The van der Waals surface area contributed by atoms with Gasteiger partial charge in [-0.2, -0.15) is 0 Å². The first-order chi connectivity index (χ1) is 39.6. The summed E-state index contributed by atoms with van der Waals surface area (Å²) >= 11 is 0. The smallest absolute Gasteiger partial charge is 0.0714 e. The molecule has 3 aliphatic rings. The van der Waals surface area contributed by atoms with E-state index < -0.39 is 152 Å². The second-order valence-corrected chi connectivity index (χ2v) is 17.5. The minimum absolute atomic E-state index is 0.324. The molecule has 0 atom stereocenters. The van der Waals surface area contributed by atoms with Gasteiger partial charge in [-0.1, -0.05) is 226 Å². The third-order valence-electron chi connectivity index (χ3n) is 14.0. The fourth-order valence-corrected chi connectivity index (χ4v) is 11.2. The van der Waals surface area contributed by atoms with Crippen LogP contribution in [0.1, 0.15) is 92.8 Å². The molecule has 0 heterocycles. The summed E-state index contributed by atoms with van der Waals surface area (Å²) in [5.41, 5.74) is 1.52. The maximum Gasteiger partial charge on any atom is 0.0714 e. The number of anilines is 3. The molecule has 0 N–H and O–H groups in total. The molecule has 312 valence electrons. The lowest BCUT2D eigenvalue weighted by molar-refractivity contribution is 0.660. The molecular formula is C65H47N. The SMILES string of the molecule is [2H]c1c([2H])c([2H])c(C2(c3c([2H])c([2H])c([2H])c([2H])c3[2H])c3c([2H])c([2H])c([2H])c([2H])c3-c3c([2H])c([2H])c(N(c4ccc5c(c4)C(C)(C)c4ccccc4-5)c4ccc5c(c4)C(c4ccccc4)(c4ccccc4)c4ccccc4-5)c([2H])c32)c([2H])c1[2H]. The Morgan fingerprint density at radius 1 is 0.318 bits per heavy atom. The molecule has 13 rings (SSSR count). The lowest BCUT2D eigenvalue weighted by atomic mass is 9.67. The number of benzene rings is 10. The van der Waals surface area contributed by atoms with Gasteiger partial charge in [-0.05, 0) is 125 Å². The molecular weight excluding hydrogens is 795 g/mol. The lowest BCUT2D eigenvalue weighted by Crippen LogP contribution is -2.29.